The number of hydrogen-bond donors (Lipinski definition) is 0. The fourth-order valence-electron chi connectivity index (χ4n) is 8.78. The molecule has 1 aliphatic rings. The van der Waals surface area contributed by atoms with Crippen molar-refractivity contribution in [3.63, 3.8) is 0 Å². The van der Waals surface area contributed by atoms with Gasteiger partial charge < -0.3 is 0 Å². The molecule has 0 spiro atoms. The Hall–Kier alpha value is -5.98. The highest BCUT2D eigenvalue weighted by atomic mass is 14.4. The van der Waals surface area contributed by atoms with E-state index in [1.165, 1.54) is 98.7 Å². The first kappa shape index (κ1) is 28.1. The van der Waals surface area contributed by atoms with Crippen molar-refractivity contribution in [1.29, 1.82) is 0 Å². The van der Waals surface area contributed by atoms with Crippen LogP contribution in [0.5, 0.6) is 0 Å². The van der Waals surface area contributed by atoms with E-state index in [0.29, 0.717) is 0 Å². The zero-order valence-electron chi connectivity index (χ0n) is 27.7. The maximum absolute atomic E-state index is 2.37. The minimum Gasteiger partial charge on any atom is -0.0616 e. The lowest BCUT2D eigenvalue weighted by atomic mass is 9.81. The number of benzene rings is 9. The molecule has 0 nitrogen and oxygen atoms in total. The molecule has 49 heavy (non-hydrogen) atoms. The zero-order chi connectivity index (χ0) is 32.7. The van der Waals surface area contributed by atoms with Gasteiger partial charge >= 0.3 is 0 Å². The predicted molar refractivity (Wildman–Crippen MR) is 210 cm³/mol. The highest BCUT2D eigenvalue weighted by Gasteiger charge is 2.37. The van der Waals surface area contributed by atoms with Crippen LogP contribution in [0.1, 0.15) is 25.0 Å². The summed E-state index contributed by atoms with van der Waals surface area (Å²) >= 11 is 0. The van der Waals surface area contributed by atoms with Crippen LogP contribution >= 0.6 is 0 Å². The van der Waals surface area contributed by atoms with Crippen LogP contribution in [0.15, 0.2) is 170 Å². The predicted octanol–water partition coefficient (Wildman–Crippen LogP) is 13.6. The minimum atomic E-state index is -0.0612. The van der Waals surface area contributed by atoms with Gasteiger partial charge in [0.05, 0.1) is 0 Å². The molecule has 9 aromatic rings. The van der Waals surface area contributed by atoms with Gasteiger partial charge in [0.25, 0.3) is 0 Å². The monoisotopic (exact) mass is 622 g/mol. The molecule has 0 aliphatic heterocycles. The Labute approximate surface area is 286 Å². The van der Waals surface area contributed by atoms with Gasteiger partial charge in [-0.15, -0.1) is 0 Å². The van der Waals surface area contributed by atoms with Gasteiger partial charge in [0.15, 0.2) is 0 Å². The molecule has 0 atom stereocenters. The maximum atomic E-state index is 2.37. The van der Waals surface area contributed by atoms with E-state index in [1.54, 1.807) is 0 Å². The van der Waals surface area contributed by atoms with Crippen LogP contribution in [-0.2, 0) is 5.41 Å². The Morgan fingerprint density at radius 1 is 0.286 bits per heavy atom. The van der Waals surface area contributed by atoms with E-state index in [-0.39, 0.29) is 5.41 Å². The molecule has 0 amide bonds. The van der Waals surface area contributed by atoms with Crippen molar-refractivity contribution in [1.82, 2.24) is 0 Å². The second-order valence-electron chi connectivity index (χ2n) is 14.0. The summed E-state index contributed by atoms with van der Waals surface area (Å²) in [6.07, 6.45) is 0. The highest BCUT2D eigenvalue weighted by molar-refractivity contribution is 6.23. The quantitative estimate of drug-likeness (QED) is 0.172. The Bertz CT molecular complexity index is 2720. The fraction of sp³-hybridized carbons (Fsp3) is 0.0612. The van der Waals surface area contributed by atoms with Crippen LogP contribution in [0.25, 0.3) is 87.6 Å². The lowest BCUT2D eigenvalue weighted by Gasteiger charge is -2.22. The SMILES string of the molecule is CC1(C)c2cccc(-c3ccc(-c4c5ccccc5c(-c5cccc6ccccc56)c5ccccc45)cc3)c2-c2c1ccc1ccccc21. The van der Waals surface area contributed by atoms with Gasteiger partial charge in [-0.1, -0.05) is 184 Å². The van der Waals surface area contributed by atoms with E-state index in [9.17, 15) is 0 Å². The summed E-state index contributed by atoms with van der Waals surface area (Å²) in [7, 11) is 0. The van der Waals surface area contributed by atoms with Crippen LogP contribution in [-0.4, -0.2) is 0 Å². The van der Waals surface area contributed by atoms with Crippen LogP contribution in [0, 0.1) is 0 Å². The Kier molecular flexibility index (Phi) is 6.02. The second kappa shape index (κ2) is 10.5. The molecule has 0 N–H and O–H groups in total. The minimum absolute atomic E-state index is 0.0612. The average Bonchev–Trinajstić information content (AvgIpc) is 3.40. The Balaban J connectivity index is 1.19. The number of fused-ring (bicyclic) bond motifs is 8. The highest BCUT2D eigenvalue weighted by Crippen LogP contribution is 2.54. The summed E-state index contributed by atoms with van der Waals surface area (Å²) in [6.45, 7) is 4.74. The maximum Gasteiger partial charge on any atom is 0.0159 e. The third-order valence-corrected chi connectivity index (χ3v) is 11.1. The van der Waals surface area contributed by atoms with E-state index in [0.717, 1.165) is 0 Å². The average molecular weight is 623 g/mol. The van der Waals surface area contributed by atoms with Crippen molar-refractivity contribution in [3.05, 3.63) is 181 Å². The Morgan fingerprint density at radius 3 is 1.43 bits per heavy atom. The number of rotatable bonds is 3. The molecule has 1 aliphatic carbocycles. The smallest absolute Gasteiger partial charge is 0.0159 e. The van der Waals surface area contributed by atoms with Gasteiger partial charge in [0, 0.05) is 5.41 Å². The third-order valence-electron chi connectivity index (χ3n) is 11.1. The van der Waals surface area contributed by atoms with Crippen molar-refractivity contribution in [3.8, 4) is 44.5 Å². The first-order valence-corrected chi connectivity index (χ1v) is 17.3. The summed E-state index contributed by atoms with van der Waals surface area (Å²) in [6, 6.07) is 63.0. The third kappa shape index (κ3) is 4.04. The molecule has 0 radical (unpaired) electrons. The molecule has 0 aromatic heterocycles. The lowest BCUT2D eigenvalue weighted by Crippen LogP contribution is -2.14. The molecule has 0 bridgehead atoms. The molecular formula is C49H34. The van der Waals surface area contributed by atoms with Gasteiger partial charge in [0.1, 0.15) is 0 Å². The van der Waals surface area contributed by atoms with E-state index in [2.05, 4.69) is 184 Å². The van der Waals surface area contributed by atoms with E-state index in [4.69, 9.17) is 0 Å². The molecule has 0 saturated carbocycles. The fourth-order valence-corrected chi connectivity index (χ4v) is 8.78. The standard InChI is InChI=1S/C49H34/c1-49(2)43-24-12-22-37(47(43)48-36-17-6-4-14-32(36)29-30-44(48)49)33-25-27-34(28-26-33)45-39-18-7-9-20-41(39)46(42-21-10-8-19-40(42)45)38-23-11-15-31-13-3-5-16-35(31)38/h3-30H,1-2H3. The van der Waals surface area contributed by atoms with Gasteiger partial charge in [-0.3, -0.25) is 0 Å². The molecule has 0 fully saturated rings. The molecule has 0 heteroatoms. The van der Waals surface area contributed by atoms with E-state index >= 15 is 0 Å². The molecule has 0 heterocycles. The van der Waals surface area contributed by atoms with Gasteiger partial charge in [0.2, 0.25) is 0 Å². The summed E-state index contributed by atoms with van der Waals surface area (Å²) in [5.74, 6) is 0. The van der Waals surface area contributed by atoms with Crippen LogP contribution in [0.4, 0.5) is 0 Å². The van der Waals surface area contributed by atoms with Gasteiger partial charge in [-0.05, 0) is 98.7 Å². The van der Waals surface area contributed by atoms with Crippen molar-refractivity contribution >= 4 is 43.1 Å². The van der Waals surface area contributed by atoms with E-state index in [1.807, 2.05) is 0 Å². The van der Waals surface area contributed by atoms with Crippen LogP contribution in [0.2, 0.25) is 0 Å². The van der Waals surface area contributed by atoms with Gasteiger partial charge in [-0.2, -0.15) is 0 Å². The topological polar surface area (TPSA) is 0 Å². The second-order valence-corrected chi connectivity index (χ2v) is 14.0. The summed E-state index contributed by atoms with van der Waals surface area (Å²) in [4.78, 5) is 0. The molecule has 0 saturated heterocycles. The normalized spacial score (nSPS) is 13.3. The first-order chi connectivity index (χ1) is 24.1. The molecule has 10 rings (SSSR count). The molecular weight excluding hydrogens is 589 g/mol. The lowest BCUT2D eigenvalue weighted by molar-refractivity contribution is 0.661. The molecule has 230 valence electrons. The first-order valence-electron chi connectivity index (χ1n) is 17.3. The largest absolute Gasteiger partial charge is 0.0616 e. The summed E-state index contributed by atoms with van der Waals surface area (Å²) < 4.78 is 0. The van der Waals surface area contributed by atoms with Crippen molar-refractivity contribution in [2.24, 2.45) is 0 Å². The summed E-state index contributed by atoms with van der Waals surface area (Å²) in [5.41, 5.74) is 13.2. The summed E-state index contributed by atoms with van der Waals surface area (Å²) in [5, 5.41) is 10.3. The van der Waals surface area contributed by atoms with Gasteiger partial charge in [-0.25, -0.2) is 0 Å². The number of hydrogen-bond acceptors (Lipinski definition) is 0. The Morgan fingerprint density at radius 2 is 0.755 bits per heavy atom. The van der Waals surface area contributed by atoms with Crippen molar-refractivity contribution in [2.45, 2.75) is 19.3 Å². The molecule has 0 unspecified atom stereocenters. The zero-order valence-corrected chi connectivity index (χ0v) is 27.7. The van der Waals surface area contributed by atoms with E-state index < -0.39 is 0 Å². The van der Waals surface area contributed by atoms with Crippen LogP contribution in [0.3, 0.4) is 0 Å². The van der Waals surface area contributed by atoms with Crippen LogP contribution < -0.4 is 0 Å². The van der Waals surface area contributed by atoms with Crippen molar-refractivity contribution in [2.75, 3.05) is 0 Å². The van der Waals surface area contributed by atoms with Crippen molar-refractivity contribution < 1.29 is 0 Å². The molecule has 9 aromatic carbocycles.